The van der Waals surface area contributed by atoms with Gasteiger partial charge in [-0.2, -0.15) is 0 Å². The van der Waals surface area contributed by atoms with Crippen LogP contribution in [0.2, 0.25) is 0 Å². The molecule has 0 saturated carbocycles. The number of carbonyl (C=O) groups is 3. The van der Waals surface area contributed by atoms with E-state index in [-0.39, 0.29) is 6.61 Å². The Balaban J connectivity index is 2.26. The zero-order valence-electron chi connectivity index (χ0n) is 11.2. The molecule has 8 heteroatoms. The molecule has 0 aromatic heterocycles. The molecule has 0 radical (unpaired) electrons. The van der Waals surface area contributed by atoms with Gasteiger partial charge in [-0.1, -0.05) is 30.3 Å². The normalized spacial score (nSPS) is 11.3. The third-order valence-corrected chi connectivity index (χ3v) is 2.47. The largest absolute Gasteiger partial charge is 0.445 e. The Hall–Kier alpha value is -2.61. The Morgan fingerprint density at radius 3 is 2.48 bits per heavy atom. The van der Waals surface area contributed by atoms with E-state index in [1.54, 1.807) is 12.1 Å². The summed E-state index contributed by atoms with van der Waals surface area (Å²) in [6.07, 6.45) is -0.770. The first kappa shape index (κ1) is 16.4. The van der Waals surface area contributed by atoms with E-state index >= 15 is 0 Å². The number of rotatable bonds is 7. The summed E-state index contributed by atoms with van der Waals surface area (Å²) in [7, 11) is 0. The molecule has 0 aliphatic rings. The lowest BCUT2D eigenvalue weighted by molar-refractivity contribution is -0.127. The van der Waals surface area contributed by atoms with Gasteiger partial charge in [-0.25, -0.2) is 4.79 Å². The molecule has 1 aromatic rings. The van der Waals surface area contributed by atoms with Crippen LogP contribution in [0.1, 0.15) is 5.56 Å². The number of aliphatic hydroxyl groups is 1. The van der Waals surface area contributed by atoms with Crippen LogP contribution >= 0.6 is 0 Å². The summed E-state index contributed by atoms with van der Waals surface area (Å²) >= 11 is 0. The van der Waals surface area contributed by atoms with Gasteiger partial charge in [0.25, 0.3) is 0 Å². The van der Waals surface area contributed by atoms with E-state index in [9.17, 15) is 14.4 Å². The van der Waals surface area contributed by atoms with Gasteiger partial charge in [0.2, 0.25) is 11.8 Å². The molecule has 1 aromatic carbocycles. The second kappa shape index (κ2) is 8.54. The van der Waals surface area contributed by atoms with Crippen molar-refractivity contribution in [3.8, 4) is 0 Å². The van der Waals surface area contributed by atoms with Crippen LogP contribution in [0.3, 0.4) is 0 Å². The molecule has 5 N–H and O–H groups in total. The van der Waals surface area contributed by atoms with Crippen molar-refractivity contribution >= 4 is 17.9 Å². The summed E-state index contributed by atoms with van der Waals surface area (Å²) in [5.41, 5.74) is 5.75. The molecule has 21 heavy (non-hydrogen) atoms. The smallest absolute Gasteiger partial charge is 0.407 e. The summed E-state index contributed by atoms with van der Waals surface area (Å²) in [6, 6.07) is 7.85. The lowest BCUT2D eigenvalue weighted by Gasteiger charge is -2.12. The first-order chi connectivity index (χ1) is 10.0. The number of carbonyl (C=O) groups excluding carboxylic acids is 3. The van der Waals surface area contributed by atoms with Gasteiger partial charge in [0.15, 0.2) is 0 Å². The minimum Gasteiger partial charge on any atom is -0.445 e. The quantitative estimate of drug-likeness (QED) is 0.506. The maximum atomic E-state index is 11.4. The molecular formula is C13H17N3O5. The number of hydrogen-bond acceptors (Lipinski definition) is 5. The monoisotopic (exact) mass is 295 g/mol. The molecule has 0 spiro atoms. The van der Waals surface area contributed by atoms with Crippen LogP contribution in [0, 0.1) is 0 Å². The Kier molecular flexibility index (Phi) is 6.69. The van der Waals surface area contributed by atoms with Crippen molar-refractivity contribution in [2.24, 2.45) is 5.73 Å². The van der Waals surface area contributed by atoms with Gasteiger partial charge < -0.3 is 26.2 Å². The zero-order chi connectivity index (χ0) is 15.7. The van der Waals surface area contributed by atoms with Gasteiger partial charge in [0.1, 0.15) is 19.2 Å². The molecule has 1 atom stereocenters. The summed E-state index contributed by atoms with van der Waals surface area (Å²) in [6.45, 7) is -0.925. The van der Waals surface area contributed by atoms with Crippen LogP contribution in [0.5, 0.6) is 0 Å². The fourth-order valence-electron chi connectivity index (χ4n) is 1.38. The summed E-state index contributed by atoms with van der Waals surface area (Å²) < 4.78 is 4.89. The Morgan fingerprint density at radius 2 is 1.90 bits per heavy atom. The van der Waals surface area contributed by atoms with Crippen LogP contribution in [-0.2, 0) is 20.9 Å². The second-order valence-corrected chi connectivity index (χ2v) is 4.12. The van der Waals surface area contributed by atoms with E-state index in [2.05, 4.69) is 10.6 Å². The molecule has 114 valence electrons. The number of benzene rings is 1. The van der Waals surface area contributed by atoms with Crippen molar-refractivity contribution in [3.63, 3.8) is 0 Å². The molecule has 0 saturated heterocycles. The summed E-state index contributed by atoms with van der Waals surface area (Å²) in [4.78, 5) is 33.5. The van der Waals surface area contributed by atoms with Gasteiger partial charge in [-0.05, 0) is 5.56 Å². The van der Waals surface area contributed by atoms with Crippen molar-refractivity contribution in [3.05, 3.63) is 35.9 Å². The van der Waals surface area contributed by atoms with Crippen molar-refractivity contribution in [2.75, 3.05) is 13.2 Å². The highest BCUT2D eigenvalue weighted by Crippen LogP contribution is 2.00. The third kappa shape index (κ3) is 6.39. The van der Waals surface area contributed by atoms with Crippen LogP contribution in [-0.4, -0.2) is 42.2 Å². The Labute approximate surface area is 121 Å². The van der Waals surface area contributed by atoms with Gasteiger partial charge in [0, 0.05) is 0 Å². The highest BCUT2D eigenvalue weighted by molar-refractivity contribution is 5.88. The van der Waals surface area contributed by atoms with Gasteiger partial charge in [-0.3, -0.25) is 9.59 Å². The van der Waals surface area contributed by atoms with E-state index < -0.39 is 37.1 Å². The minimum atomic E-state index is -1.18. The van der Waals surface area contributed by atoms with E-state index in [0.717, 1.165) is 5.56 Å². The number of alkyl carbamates (subject to hydrolysis) is 1. The molecular weight excluding hydrogens is 278 g/mol. The second-order valence-electron chi connectivity index (χ2n) is 4.12. The van der Waals surface area contributed by atoms with Gasteiger partial charge in [-0.15, -0.1) is 0 Å². The molecule has 1 rings (SSSR count). The summed E-state index contributed by atoms with van der Waals surface area (Å²) in [5.74, 6) is -1.53. The van der Waals surface area contributed by atoms with E-state index in [1.807, 2.05) is 18.2 Å². The van der Waals surface area contributed by atoms with Gasteiger partial charge in [0.05, 0.1) is 6.61 Å². The Bertz CT molecular complexity index is 492. The lowest BCUT2D eigenvalue weighted by Crippen LogP contribution is -2.49. The summed E-state index contributed by atoms with van der Waals surface area (Å²) in [5, 5.41) is 13.2. The van der Waals surface area contributed by atoms with Crippen molar-refractivity contribution in [1.29, 1.82) is 0 Å². The molecule has 3 amide bonds. The van der Waals surface area contributed by atoms with Crippen molar-refractivity contribution < 1.29 is 24.2 Å². The SMILES string of the molecule is NC(=O)C(CO)NC(=O)CNC(=O)OCc1ccccc1. The Morgan fingerprint density at radius 1 is 1.24 bits per heavy atom. The zero-order valence-corrected chi connectivity index (χ0v) is 11.2. The predicted molar refractivity (Wildman–Crippen MR) is 72.8 cm³/mol. The molecule has 0 aliphatic heterocycles. The van der Waals surface area contributed by atoms with Crippen LogP contribution in [0.25, 0.3) is 0 Å². The maximum absolute atomic E-state index is 11.4. The number of primary amides is 1. The molecule has 0 fully saturated rings. The van der Waals surface area contributed by atoms with Crippen LogP contribution in [0.4, 0.5) is 4.79 Å². The topological polar surface area (TPSA) is 131 Å². The third-order valence-electron chi connectivity index (χ3n) is 2.47. The fraction of sp³-hybridized carbons (Fsp3) is 0.308. The number of nitrogens with one attached hydrogen (secondary N) is 2. The fourth-order valence-corrected chi connectivity index (χ4v) is 1.38. The molecule has 0 aliphatic carbocycles. The minimum absolute atomic E-state index is 0.0782. The average Bonchev–Trinajstić information content (AvgIpc) is 2.49. The first-order valence-corrected chi connectivity index (χ1v) is 6.17. The number of amides is 3. The van der Waals surface area contributed by atoms with Crippen molar-refractivity contribution in [1.82, 2.24) is 10.6 Å². The van der Waals surface area contributed by atoms with Gasteiger partial charge >= 0.3 is 6.09 Å². The van der Waals surface area contributed by atoms with E-state index in [1.165, 1.54) is 0 Å². The molecule has 8 nitrogen and oxygen atoms in total. The standard InChI is InChI=1S/C13H17N3O5/c14-12(19)10(7-17)16-11(18)6-15-13(20)21-8-9-4-2-1-3-5-9/h1-5,10,17H,6-8H2,(H2,14,19)(H,15,20)(H,16,18). The van der Waals surface area contributed by atoms with E-state index in [0.29, 0.717) is 0 Å². The lowest BCUT2D eigenvalue weighted by atomic mass is 10.2. The van der Waals surface area contributed by atoms with E-state index in [4.69, 9.17) is 15.6 Å². The molecule has 1 unspecified atom stereocenters. The first-order valence-electron chi connectivity index (χ1n) is 6.17. The number of ether oxygens (including phenoxy) is 1. The molecule has 0 heterocycles. The van der Waals surface area contributed by atoms with Crippen LogP contribution in [0.15, 0.2) is 30.3 Å². The number of hydrogen-bond donors (Lipinski definition) is 4. The maximum Gasteiger partial charge on any atom is 0.407 e. The average molecular weight is 295 g/mol. The van der Waals surface area contributed by atoms with Crippen molar-refractivity contribution in [2.45, 2.75) is 12.6 Å². The number of nitrogens with two attached hydrogens (primary N) is 1. The highest BCUT2D eigenvalue weighted by Gasteiger charge is 2.17. The highest BCUT2D eigenvalue weighted by atomic mass is 16.5. The predicted octanol–water partition coefficient (Wildman–Crippen LogP) is -1.12. The number of aliphatic hydroxyl groups excluding tert-OH is 1. The van der Waals surface area contributed by atoms with Crippen LogP contribution < -0.4 is 16.4 Å². The molecule has 0 bridgehead atoms.